The second-order valence-corrected chi connectivity index (χ2v) is 2.93. The van der Waals surface area contributed by atoms with Crippen molar-refractivity contribution in [3.63, 3.8) is 0 Å². The van der Waals surface area contributed by atoms with Crippen molar-refractivity contribution in [2.24, 2.45) is 0 Å². The van der Waals surface area contributed by atoms with Crippen molar-refractivity contribution in [2.45, 2.75) is 0 Å². The highest BCUT2D eigenvalue weighted by molar-refractivity contribution is 6.57. The molecule has 6 heteroatoms. The molecule has 2 aromatic heterocycles. The van der Waals surface area contributed by atoms with E-state index in [4.69, 9.17) is 26.1 Å². The number of nitrogens with zero attached hydrogens (tertiary/aromatic N) is 1. The molecule has 0 atom stereocenters. The summed E-state index contributed by atoms with van der Waals surface area (Å²) in [5.74, 6) is 0. The van der Waals surface area contributed by atoms with Crippen molar-refractivity contribution < 1.29 is 14.5 Å². The van der Waals surface area contributed by atoms with Crippen molar-refractivity contribution in [3.05, 3.63) is 23.4 Å². The Morgan fingerprint density at radius 2 is 2.15 bits per heavy atom. The van der Waals surface area contributed by atoms with Crippen molar-refractivity contribution in [1.82, 2.24) is 4.98 Å². The lowest BCUT2D eigenvalue weighted by Gasteiger charge is -1.88. The molecule has 0 unspecified atom stereocenters. The zero-order chi connectivity index (χ0) is 9.42. The molecular formula is C7H5BClNO3. The summed E-state index contributed by atoms with van der Waals surface area (Å²) in [5, 5.41) is 17.9. The highest BCUT2D eigenvalue weighted by Gasteiger charge is 2.17. The van der Waals surface area contributed by atoms with Gasteiger partial charge >= 0.3 is 7.12 Å². The van der Waals surface area contributed by atoms with Gasteiger partial charge in [-0.25, -0.2) is 4.98 Å². The van der Waals surface area contributed by atoms with Crippen molar-refractivity contribution in [3.8, 4) is 0 Å². The van der Waals surface area contributed by atoms with Crippen molar-refractivity contribution in [1.29, 1.82) is 0 Å². The van der Waals surface area contributed by atoms with E-state index < -0.39 is 7.12 Å². The minimum absolute atomic E-state index is 0.0600. The molecule has 0 aliphatic carbocycles. The highest BCUT2D eigenvalue weighted by atomic mass is 35.5. The molecular weight excluding hydrogens is 192 g/mol. The summed E-state index contributed by atoms with van der Waals surface area (Å²) in [7, 11) is -1.62. The van der Waals surface area contributed by atoms with E-state index in [2.05, 4.69) is 4.98 Å². The largest absolute Gasteiger partial charge is 0.526 e. The summed E-state index contributed by atoms with van der Waals surface area (Å²) in [6, 6.07) is 4.63. The Morgan fingerprint density at radius 1 is 1.38 bits per heavy atom. The lowest BCUT2D eigenvalue weighted by Crippen LogP contribution is -2.27. The predicted molar refractivity (Wildman–Crippen MR) is 48.8 cm³/mol. The molecule has 0 aliphatic rings. The molecule has 2 rings (SSSR count). The van der Waals surface area contributed by atoms with Gasteiger partial charge in [-0.05, 0) is 12.1 Å². The maximum atomic E-state index is 8.80. The molecule has 0 aliphatic heterocycles. The van der Waals surface area contributed by atoms with Gasteiger partial charge in [-0.2, -0.15) is 0 Å². The fourth-order valence-electron chi connectivity index (χ4n) is 1.05. The summed E-state index contributed by atoms with van der Waals surface area (Å²) in [5.41, 5.74) is 1.05. The summed E-state index contributed by atoms with van der Waals surface area (Å²) in [6.07, 6.45) is 0. The Bertz CT molecular complexity index is 442. The minimum atomic E-state index is -1.62. The second-order valence-electron chi connectivity index (χ2n) is 2.54. The van der Waals surface area contributed by atoms with Gasteiger partial charge in [0.05, 0.1) is 0 Å². The Kier molecular flexibility index (Phi) is 1.99. The van der Waals surface area contributed by atoms with Crippen LogP contribution in [0.2, 0.25) is 5.15 Å². The van der Waals surface area contributed by atoms with E-state index in [9.17, 15) is 0 Å². The Labute approximate surface area is 78.9 Å². The fraction of sp³-hybridized carbons (Fsp3) is 0. The van der Waals surface area contributed by atoms with Gasteiger partial charge in [0, 0.05) is 6.07 Å². The number of halogens is 1. The van der Waals surface area contributed by atoms with Crippen LogP contribution in [-0.4, -0.2) is 22.2 Å². The lowest BCUT2D eigenvalue weighted by atomic mass is 9.88. The van der Waals surface area contributed by atoms with E-state index in [1.54, 1.807) is 12.1 Å². The van der Waals surface area contributed by atoms with E-state index in [0.717, 1.165) is 0 Å². The van der Waals surface area contributed by atoms with Crippen molar-refractivity contribution >= 4 is 35.5 Å². The molecule has 2 aromatic rings. The van der Waals surface area contributed by atoms with E-state index in [1.165, 1.54) is 6.07 Å². The van der Waals surface area contributed by atoms with E-state index in [-0.39, 0.29) is 5.66 Å². The van der Waals surface area contributed by atoms with Gasteiger partial charge in [0.2, 0.25) is 0 Å². The van der Waals surface area contributed by atoms with Crippen LogP contribution < -0.4 is 5.66 Å². The molecule has 13 heavy (non-hydrogen) atoms. The van der Waals surface area contributed by atoms with Crippen LogP contribution in [0.15, 0.2) is 22.6 Å². The van der Waals surface area contributed by atoms with Gasteiger partial charge in [-0.1, -0.05) is 11.6 Å². The van der Waals surface area contributed by atoms with Crippen LogP contribution in [0.3, 0.4) is 0 Å². The molecule has 2 N–H and O–H groups in total. The number of hydrogen-bond acceptors (Lipinski definition) is 4. The molecule has 0 saturated heterocycles. The highest BCUT2D eigenvalue weighted by Crippen LogP contribution is 2.14. The zero-order valence-corrected chi connectivity index (χ0v) is 7.19. The zero-order valence-electron chi connectivity index (χ0n) is 6.44. The molecule has 66 valence electrons. The third-order valence-electron chi connectivity index (χ3n) is 1.61. The first-order valence-electron chi connectivity index (χ1n) is 3.59. The first kappa shape index (κ1) is 8.56. The number of fused-ring (bicyclic) bond motifs is 1. The third-order valence-corrected chi connectivity index (χ3v) is 1.82. The van der Waals surface area contributed by atoms with Gasteiger partial charge in [0.1, 0.15) is 16.3 Å². The lowest BCUT2D eigenvalue weighted by molar-refractivity contribution is 0.412. The third kappa shape index (κ3) is 1.53. The van der Waals surface area contributed by atoms with Crippen LogP contribution in [0.5, 0.6) is 0 Å². The summed E-state index contributed by atoms with van der Waals surface area (Å²) in [4.78, 5) is 3.93. The summed E-state index contributed by atoms with van der Waals surface area (Å²) >= 11 is 5.63. The number of pyridine rings is 1. The van der Waals surface area contributed by atoms with Gasteiger partial charge in [-0.15, -0.1) is 0 Å². The first-order valence-corrected chi connectivity index (χ1v) is 3.97. The van der Waals surface area contributed by atoms with Crippen LogP contribution in [0, 0.1) is 0 Å². The van der Waals surface area contributed by atoms with Gasteiger partial charge < -0.3 is 14.5 Å². The monoisotopic (exact) mass is 197 g/mol. The topological polar surface area (TPSA) is 66.5 Å². The number of rotatable bonds is 1. The summed E-state index contributed by atoms with van der Waals surface area (Å²) in [6.45, 7) is 0. The molecule has 0 fully saturated rings. The SMILES string of the molecule is OB(O)c1cc2nc(Cl)ccc2o1. The normalized spacial score (nSPS) is 10.7. The molecule has 0 saturated carbocycles. The maximum Gasteiger partial charge on any atom is 0.526 e. The van der Waals surface area contributed by atoms with Crippen LogP contribution in [-0.2, 0) is 0 Å². The van der Waals surface area contributed by atoms with E-state index in [0.29, 0.717) is 16.3 Å². The maximum absolute atomic E-state index is 8.80. The molecule has 4 nitrogen and oxygen atoms in total. The average Bonchev–Trinajstić information content (AvgIpc) is 2.46. The van der Waals surface area contributed by atoms with E-state index >= 15 is 0 Å². The quantitative estimate of drug-likeness (QED) is 0.505. The number of aromatic nitrogens is 1. The molecule has 0 aromatic carbocycles. The summed E-state index contributed by atoms with van der Waals surface area (Å²) < 4.78 is 5.06. The Hall–Kier alpha value is -1.04. The standard InChI is InChI=1S/C7H5BClNO3/c9-7-2-1-5-4(10-7)3-6(13-5)8(11)12/h1-3,11-12H. The van der Waals surface area contributed by atoms with Crippen molar-refractivity contribution in [2.75, 3.05) is 0 Å². The van der Waals surface area contributed by atoms with Gasteiger partial charge in [0.15, 0.2) is 5.58 Å². The molecule has 0 amide bonds. The molecule has 2 heterocycles. The van der Waals surface area contributed by atoms with E-state index in [1.807, 2.05) is 0 Å². The first-order chi connectivity index (χ1) is 6.16. The van der Waals surface area contributed by atoms with Gasteiger partial charge in [-0.3, -0.25) is 0 Å². The van der Waals surface area contributed by atoms with Crippen LogP contribution in [0.4, 0.5) is 0 Å². The number of hydrogen-bond donors (Lipinski definition) is 2. The average molecular weight is 197 g/mol. The van der Waals surface area contributed by atoms with Gasteiger partial charge in [0.25, 0.3) is 0 Å². The van der Waals surface area contributed by atoms with Crippen LogP contribution >= 0.6 is 11.6 Å². The second kappa shape index (κ2) is 3.03. The Morgan fingerprint density at radius 3 is 2.85 bits per heavy atom. The molecule has 0 spiro atoms. The number of furan rings is 1. The minimum Gasteiger partial charge on any atom is -0.463 e. The molecule has 0 radical (unpaired) electrons. The van der Waals surface area contributed by atoms with Crippen LogP contribution in [0.25, 0.3) is 11.1 Å². The molecule has 0 bridgehead atoms. The van der Waals surface area contributed by atoms with Crippen LogP contribution in [0.1, 0.15) is 0 Å². The Balaban J connectivity index is 2.62. The predicted octanol–water partition coefficient (Wildman–Crippen LogP) is 0.161. The smallest absolute Gasteiger partial charge is 0.463 e. The fourth-order valence-corrected chi connectivity index (χ4v) is 1.20.